The molecule has 3 aromatic heterocycles. The fraction of sp³-hybridized carbons (Fsp3) is 0.143. The largest absolute Gasteiger partial charge is 0.324 e. The third kappa shape index (κ3) is 2.96. The number of para-hydroxylation sites is 1. The maximum absolute atomic E-state index is 11.7. The predicted octanol–water partition coefficient (Wildman–Crippen LogP) is 3.89. The van der Waals surface area contributed by atoms with Crippen LogP contribution < -0.4 is 16.2 Å². The van der Waals surface area contributed by atoms with Gasteiger partial charge in [0.2, 0.25) is 5.95 Å². The Kier molecular flexibility index (Phi) is 3.61. The minimum absolute atomic E-state index is 0.144. The number of fused-ring (bicyclic) bond motifs is 2. The molecule has 5 aromatic rings. The summed E-state index contributed by atoms with van der Waals surface area (Å²) in [6, 6.07) is 15.3. The summed E-state index contributed by atoms with van der Waals surface area (Å²) in [5, 5.41) is 21.0. The first kappa shape index (κ1) is 16.8. The highest BCUT2D eigenvalue weighted by Crippen LogP contribution is 2.39. The second kappa shape index (κ2) is 6.45. The SMILES string of the molecule is O=c1[nH][nH]c2cc(Nc3nc(Nc4cc(C5CC5)[nH]n4)c4ccccc4n3)ccc12. The Balaban J connectivity index is 1.37. The van der Waals surface area contributed by atoms with E-state index in [1.807, 2.05) is 42.5 Å². The van der Waals surface area contributed by atoms with E-state index in [9.17, 15) is 4.79 Å². The van der Waals surface area contributed by atoms with Crippen molar-refractivity contribution in [2.45, 2.75) is 18.8 Å². The summed E-state index contributed by atoms with van der Waals surface area (Å²) in [6.45, 7) is 0. The Morgan fingerprint density at radius 3 is 2.73 bits per heavy atom. The first-order valence-electron chi connectivity index (χ1n) is 9.79. The molecule has 1 saturated carbocycles. The molecule has 1 aliphatic carbocycles. The van der Waals surface area contributed by atoms with Gasteiger partial charge in [0, 0.05) is 28.8 Å². The van der Waals surface area contributed by atoms with Gasteiger partial charge in [0.25, 0.3) is 5.56 Å². The Hall–Kier alpha value is -4.14. The molecule has 0 atom stereocenters. The second-order valence-corrected chi connectivity index (χ2v) is 7.49. The zero-order valence-electron chi connectivity index (χ0n) is 15.9. The Labute approximate surface area is 169 Å². The molecular weight excluding hydrogens is 380 g/mol. The van der Waals surface area contributed by atoms with Gasteiger partial charge in [-0.3, -0.25) is 20.1 Å². The van der Waals surface area contributed by atoms with E-state index in [0.29, 0.717) is 28.6 Å². The smallest absolute Gasteiger partial charge is 0.271 e. The molecular formula is C21H18N8O. The normalized spacial score (nSPS) is 13.7. The standard InChI is InChI=1S/C21H18N8O/c30-20-14-8-7-12(9-17(14)27-29-20)22-21-23-15-4-2-1-3-13(15)19(25-21)24-18-10-16(26-28-18)11-5-6-11/h1-4,7-11H,5-6H2,(H2,27,29,30)(H3,22,23,24,25,26,28). The molecule has 0 aliphatic heterocycles. The van der Waals surface area contributed by atoms with Gasteiger partial charge in [-0.2, -0.15) is 10.1 Å². The number of H-pyrrole nitrogens is 3. The molecule has 0 bridgehead atoms. The van der Waals surface area contributed by atoms with Crippen LogP contribution in [0.1, 0.15) is 24.5 Å². The summed E-state index contributed by atoms with van der Waals surface area (Å²) in [5.74, 6) is 2.46. The number of anilines is 4. The minimum atomic E-state index is -0.144. The number of nitrogens with zero attached hydrogens (tertiary/aromatic N) is 3. The molecule has 1 aliphatic rings. The van der Waals surface area contributed by atoms with Gasteiger partial charge in [-0.15, -0.1) is 0 Å². The Morgan fingerprint density at radius 2 is 1.83 bits per heavy atom. The van der Waals surface area contributed by atoms with Crippen molar-refractivity contribution in [2.24, 2.45) is 0 Å². The molecule has 9 nitrogen and oxygen atoms in total. The van der Waals surface area contributed by atoms with Crippen LogP contribution in [0.5, 0.6) is 0 Å². The van der Waals surface area contributed by atoms with Gasteiger partial charge in [-0.25, -0.2) is 4.98 Å². The molecule has 0 radical (unpaired) electrons. The van der Waals surface area contributed by atoms with Crippen molar-refractivity contribution in [3.05, 3.63) is 64.6 Å². The monoisotopic (exact) mass is 398 g/mol. The molecule has 5 N–H and O–H groups in total. The Morgan fingerprint density at radius 1 is 0.933 bits per heavy atom. The highest BCUT2D eigenvalue weighted by Gasteiger charge is 2.25. The summed E-state index contributed by atoms with van der Waals surface area (Å²) in [6.07, 6.45) is 2.42. The van der Waals surface area contributed by atoms with E-state index < -0.39 is 0 Å². The number of hydrogen-bond acceptors (Lipinski definition) is 6. The third-order valence-electron chi connectivity index (χ3n) is 5.30. The van der Waals surface area contributed by atoms with Crippen LogP contribution >= 0.6 is 0 Å². The lowest BCUT2D eigenvalue weighted by Gasteiger charge is -2.10. The van der Waals surface area contributed by atoms with E-state index in [1.54, 1.807) is 6.07 Å². The Bertz CT molecular complexity index is 1440. The predicted molar refractivity (Wildman–Crippen MR) is 116 cm³/mol. The van der Waals surface area contributed by atoms with E-state index >= 15 is 0 Å². The molecule has 148 valence electrons. The average Bonchev–Trinajstić information content (AvgIpc) is 3.40. The maximum atomic E-state index is 11.7. The summed E-state index contributed by atoms with van der Waals surface area (Å²) in [5.41, 5.74) is 3.31. The van der Waals surface area contributed by atoms with Crippen molar-refractivity contribution < 1.29 is 0 Å². The molecule has 0 unspecified atom stereocenters. The molecule has 2 aromatic carbocycles. The van der Waals surface area contributed by atoms with Crippen molar-refractivity contribution in [3.8, 4) is 0 Å². The van der Waals surface area contributed by atoms with Gasteiger partial charge < -0.3 is 10.6 Å². The minimum Gasteiger partial charge on any atom is -0.324 e. The summed E-state index contributed by atoms with van der Waals surface area (Å²) < 4.78 is 0. The molecule has 3 heterocycles. The first-order chi connectivity index (χ1) is 14.7. The molecule has 30 heavy (non-hydrogen) atoms. The van der Waals surface area contributed by atoms with Gasteiger partial charge in [-0.1, -0.05) is 12.1 Å². The van der Waals surface area contributed by atoms with Crippen LogP contribution in [-0.4, -0.2) is 30.4 Å². The molecule has 1 fully saturated rings. The topological polar surface area (TPSA) is 127 Å². The van der Waals surface area contributed by atoms with Gasteiger partial charge in [0.15, 0.2) is 5.82 Å². The summed E-state index contributed by atoms with van der Waals surface area (Å²) in [7, 11) is 0. The van der Waals surface area contributed by atoms with Crippen LogP contribution in [0.2, 0.25) is 0 Å². The molecule has 6 rings (SSSR count). The van der Waals surface area contributed by atoms with E-state index in [4.69, 9.17) is 0 Å². The zero-order valence-corrected chi connectivity index (χ0v) is 15.9. The quantitative estimate of drug-likeness (QED) is 0.306. The number of nitrogens with one attached hydrogen (secondary N) is 5. The lowest BCUT2D eigenvalue weighted by molar-refractivity contribution is 0.966. The average molecular weight is 398 g/mol. The van der Waals surface area contributed by atoms with Crippen molar-refractivity contribution in [2.75, 3.05) is 10.6 Å². The number of aromatic nitrogens is 6. The van der Waals surface area contributed by atoms with Gasteiger partial charge in [0.1, 0.15) is 5.82 Å². The van der Waals surface area contributed by atoms with Gasteiger partial charge in [-0.05, 0) is 43.2 Å². The van der Waals surface area contributed by atoms with Crippen molar-refractivity contribution in [1.82, 2.24) is 30.4 Å². The second-order valence-electron chi connectivity index (χ2n) is 7.49. The molecule has 9 heteroatoms. The van der Waals surface area contributed by atoms with Gasteiger partial charge in [0.05, 0.1) is 16.4 Å². The molecule has 0 spiro atoms. The third-order valence-corrected chi connectivity index (χ3v) is 5.30. The first-order valence-corrected chi connectivity index (χ1v) is 9.79. The fourth-order valence-electron chi connectivity index (χ4n) is 3.60. The lowest BCUT2D eigenvalue weighted by atomic mass is 10.2. The molecule has 0 saturated heterocycles. The molecule has 0 amide bonds. The van der Waals surface area contributed by atoms with Crippen LogP contribution in [0.25, 0.3) is 21.8 Å². The van der Waals surface area contributed by atoms with Crippen LogP contribution in [0, 0.1) is 0 Å². The van der Waals surface area contributed by atoms with E-state index in [2.05, 4.69) is 41.0 Å². The van der Waals surface area contributed by atoms with Crippen LogP contribution in [0.3, 0.4) is 0 Å². The summed E-state index contributed by atoms with van der Waals surface area (Å²) in [4.78, 5) is 21.0. The highest BCUT2D eigenvalue weighted by molar-refractivity contribution is 5.92. The lowest BCUT2D eigenvalue weighted by Crippen LogP contribution is -2.02. The maximum Gasteiger partial charge on any atom is 0.271 e. The highest BCUT2D eigenvalue weighted by atomic mass is 16.1. The van der Waals surface area contributed by atoms with Crippen LogP contribution in [0.4, 0.5) is 23.3 Å². The van der Waals surface area contributed by atoms with Crippen LogP contribution in [-0.2, 0) is 0 Å². The van der Waals surface area contributed by atoms with Crippen LogP contribution in [0.15, 0.2) is 53.3 Å². The zero-order chi connectivity index (χ0) is 20.1. The van der Waals surface area contributed by atoms with Crippen molar-refractivity contribution >= 4 is 45.1 Å². The van der Waals surface area contributed by atoms with E-state index in [-0.39, 0.29) is 5.56 Å². The van der Waals surface area contributed by atoms with Crippen molar-refractivity contribution in [3.63, 3.8) is 0 Å². The van der Waals surface area contributed by atoms with E-state index in [0.717, 1.165) is 28.1 Å². The fourth-order valence-corrected chi connectivity index (χ4v) is 3.60. The number of rotatable bonds is 5. The number of aromatic amines is 3. The number of benzene rings is 2. The number of hydrogen-bond donors (Lipinski definition) is 5. The summed E-state index contributed by atoms with van der Waals surface area (Å²) >= 11 is 0. The van der Waals surface area contributed by atoms with E-state index in [1.165, 1.54) is 12.8 Å². The van der Waals surface area contributed by atoms with Gasteiger partial charge >= 0.3 is 0 Å². The van der Waals surface area contributed by atoms with Crippen molar-refractivity contribution in [1.29, 1.82) is 0 Å².